The molecule has 3 aliphatic heterocycles. The predicted molar refractivity (Wildman–Crippen MR) is 69.3 cm³/mol. The van der Waals surface area contributed by atoms with Crippen molar-refractivity contribution in [1.82, 2.24) is 10.2 Å². The third kappa shape index (κ3) is 2.05. The van der Waals surface area contributed by atoms with Crippen molar-refractivity contribution in [3.63, 3.8) is 0 Å². The van der Waals surface area contributed by atoms with Crippen LogP contribution in [-0.2, 0) is 9.53 Å². The predicted octanol–water partition coefficient (Wildman–Crippen LogP) is 1.15. The number of morpholine rings is 1. The molecule has 5 unspecified atom stereocenters. The highest BCUT2D eigenvalue weighted by molar-refractivity contribution is 5.80. The monoisotopic (exact) mass is 252 g/mol. The summed E-state index contributed by atoms with van der Waals surface area (Å²) in [6.07, 6.45) is 4.66. The van der Waals surface area contributed by atoms with Crippen LogP contribution in [0.3, 0.4) is 0 Å². The van der Waals surface area contributed by atoms with E-state index in [0.29, 0.717) is 24.6 Å². The van der Waals surface area contributed by atoms with Crippen LogP contribution in [0.5, 0.6) is 0 Å². The summed E-state index contributed by atoms with van der Waals surface area (Å²) < 4.78 is 5.68. The van der Waals surface area contributed by atoms with Gasteiger partial charge in [0.25, 0.3) is 0 Å². The van der Waals surface area contributed by atoms with Crippen LogP contribution in [0.4, 0.5) is 0 Å². The zero-order chi connectivity index (χ0) is 12.7. The van der Waals surface area contributed by atoms with Crippen LogP contribution in [0.1, 0.15) is 39.5 Å². The van der Waals surface area contributed by atoms with E-state index in [0.717, 1.165) is 19.4 Å². The lowest BCUT2D eigenvalue weighted by molar-refractivity contribution is -0.149. The molecule has 3 saturated heterocycles. The van der Waals surface area contributed by atoms with Gasteiger partial charge < -0.3 is 15.0 Å². The molecule has 4 nitrogen and oxygen atoms in total. The van der Waals surface area contributed by atoms with Crippen LogP contribution in [0.2, 0.25) is 0 Å². The first kappa shape index (κ1) is 12.4. The lowest BCUT2D eigenvalue weighted by atomic mass is 9.87. The summed E-state index contributed by atoms with van der Waals surface area (Å²) in [4.78, 5) is 14.8. The summed E-state index contributed by atoms with van der Waals surface area (Å²) in [5.74, 6) is 0.597. The fraction of sp³-hybridized carbons (Fsp3) is 0.929. The number of rotatable bonds is 2. The van der Waals surface area contributed by atoms with E-state index >= 15 is 0 Å². The topological polar surface area (TPSA) is 41.6 Å². The first-order valence-corrected chi connectivity index (χ1v) is 7.37. The van der Waals surface area contributed by atoms with Crippen LogP contribution in [0.15, 0.2) is 0 Å². The molecule has 18 heavy (non-hydrogen) atoms. The van der Waals surface area contributed by atoms with Gasteiger partial charge in [0.05, 0.1) is 24.7 Å². The molecule has 2 bridgehead atoms. The summed E-state index contributed by atoms with van der Waals surface area (Å²) in [7, 11) is 0. The Morgan fingerprint density at radius 3 is 2.89 bits per heavy atom. The number of fused-ring (bicyclic) bond motifs is 2. The molecular weight excluding hydrogens is 228 g/mol. The van der Waals surface area contributed by atoms with Gasteiger partial charge >= 0.3 is 0 Å². The highest BCUT2D eigenvalue weighted by atomic mass is 16.5. The van der Waals surface area contributed by atoms with Gasteiger partial charge in [-0.05, 0) is 32.6 Å². The Hall–Kier alpha value is -0.610. The third-order valence-electron chi connectivity index (χ3n) is 4.84. The van der Waals surface area contributed by atoms with E-state index in [1.165, 1.54) is 12.8 Å². The first-order chi connectivity index (χ1) is 8.69. The fourth-order valence-electron chi connectivity index (χ4n) is 3.76. The summed E-state index contributed by atoms with van der Waals surface area (Å²) in [6.45, 7) is 5.68. The minimum atomic E-state index is 0.184. The van der Waals surface area contributed by atoms with Crippen molar-refractivity contribution >= 4 is 5.91 Å². The fourth-order valence-corrected chi connectivity index (χ4v) is 3.76. The standard InChI is InChI=1S/C14H24N2O2/c1-3-11-8-18-9(2)7-16(11)14(17)12-6-10-4-5-13(12)15-10/h9-13,15H,3-8H2,1-2H3. The van der Waals surface area contributed by atoms with E-state index in [-0.39, 0.29) is 18.1 Å². The van der Waals surface area contributed by atoms with Gasteiger partial charge in [0.1, 0.15) is 0 Å². The molecule has 3 rings (SSSR count). The second kappa shape index (κ2) is 4.82. The van der Waals surface area contributed by atoms with Crippen LogP contribution in [-0.4, -0.2) is 48.2 Å². The van der Waals surface area contributed by atoms with Crippen LogP contribution in [0, 0.1) is 5.92 Å². The van der Waals surface area contributed by atoms with Gasteiger partial charge in [0.15, 0.2) is 0 Å². The molecule has 1 N–H and O–H groups in total. The van der Waals surface area contributed by atoms with E-state index in [4.69, 9.17) is 4.74 Å². The Balaban J connectivity index is 1.70. The number of hydrogen-bond acceptors (Lipinski definition) is 3. The quantitative estimate of drug-likeness (QED) is 0.801. The molecule has 3 aliphatic rings. The molecule has 0 aromatic carbocycles. The highest BCUT2D eigenvalue weighted by Crippen LogP contribution is 2.35. The molecule has 5 atom stereocenters. The number of nitrogens with zero attached hydrogens (tertiary/aromatic N) is 1. The second-order valence-electron chi connectivity index (χ2n) is 6.09. The maximum absolute atomic E-state index is 12.7. The summed E-state index contributed by atoms with van der Waals surface area (Å²) in [5.41, 5.74) is 0. The van der Waals surface area contributed by atoms with Crippen molar-refractivity contribution in [1.29, 1.82) is 0 Å². The van der Waals surface area contributed by atoms with Crippen molar-refractivity contribution < 1.29 is 9.53 Å². The largest absolute Gasteiger partial charge is 0.375 e. The van der Waals surface area contributed by atoms with E-state index in [1.807, 2.05) is 0 Å². The van der Waals surface area contributed by atoms with Crippen molar-refractivity contribution in [2.24, 2.45) is 5.92 Å². The summed E-state index contributed by atoms with van der Waals surface area (Å²) in [5, 5.41) is 3.56. The van der Waals surface area contributed by atoms with E-state index in [1.54, 1.807) is 0 Å². The Morgan fingerprint density at radius 2 is 2.28 bits per heavy atom. The van der Waals surface area contributed by atoms with Gasteiger partial charge in [-0.15, -0.1) is 0 Å². The normalized spacial score (nSPS) is 43.4. The average molecular weight is 252 g/mol. The number of carbonyl (C=O) groups excluding carboxylic acids is 1. The van der Waals surface area contributed by atoms with E-state index in [2.05, 4.69) is 24.1 Å². The average Bonchev–Trinajstić information content (AvgIpc) is 3.00. The minimum Gasteiger partial charge on any atom is -0.375 e. The van der Waals surface area contributed by atoms with Gasteiger partial charge in [0, 0.05) is 18.6 Å². The molecule has 0 spiro atoms. The zero-order valence-corrected chi connectivity index (χ0v) is 11.4. The molecule has 0 aromatic heterocycles. The first-order valence-electron chi connectivity index (χ1n) is 7.37. The maximum atomic E-state index is 12.7. The number of amides is 1. The lowest BCUT2D eigenvalue weighted by Crippen LogP contribution is -2.54. The van der Waals surface area contributed by atoms with E-state index < -0.39 is 0 Å². The number of carbonyl (C=O) groups is 1. The maximum Gasteiger partial charge on any atom is 0.227 e. The molecule has 4 heteroatoms. The molecule has 102 valence electrons. The Labute approximate surface area is 109 Å². The molecule has 1 amide bonds. The van der Waals surface area contributed by atoms with Crippen molar-refractivity contribution in [2.45, 2.75) is 63.8 Å². The van der Waals surface area contributed by atoms with Gasteiger partial charge in [0.2, 0.25) is 5.91 Å². The Bertz CT molecular complexity index is 334. The highest BCUT2D eigenvalue weighted by Gasteiger charge is 2.45. The van der Waals surface area contributed by atoms with Crippen molar-refractivity contribution in [3.05, 3.63) is 0 Å². The van der Waals surface area contributed by atoms with E-state index in [9.17, 15) is 4.79 Å². The number of ether oxygens (including phenoxy) is 1. The summed E-state index contributed by atoms with van der Waals surface area (Å²) in [6, 6.07) is 1.33. The molecule has 3 fully saturated rings. The van der Waals surface area contributed by atoms with Gasteiger partial charge in [-0.3, -0.25) is 4.79 Å². The molecule has 0 aromatic rings. The third-order valence-corrected chi connectivity index (χ3v) is 4.84. The molecule has 0 aliphatic carbocycles. The molecule has 0 saturated carbocycles. The van der Waals surface area contributed by atoms with Gasteiger partial charge in [-0.1, -0.05) is 6.92 Å². The molecule has 0 radical (unpaired) electrons. The summed E-state index contributed by atoms with van der Waals surface area (Å²) >= 11 is 0. The smallest absolute Gasteiger partial charge is 0.227 e. The molecular formula is C14H24N2O2. The van der Waals surface area contributed by atoms with Crippen molar-refractivity contribution in [3.8, 4) is 0 Å². The number of nitrogens with one attached hydrogen (secondary N) is 1. The van der Waals surface area contributed by atoms with Crippen molar-refractivity contribution in [2.75, 3.05) is 13.2 Å². The Kier molecular flexibility index (Phi) is 3.32. The molecule has 3 heterocycles. The zero-order valence-electron chi connectivity index (χ0n) is 11.4. The minimum absolute atomic E-state index is 0.184. The Morgan fingerprint density at radius 1 is 1.44 bits per heavy atom. The number of hydrogen-bond donors (Lipinski definition) is 1. The van der Waals surface area contributed by atoms with Crippen LogP contribution < -0.4 is 5.32 Å². The van der Waals surface area contributed by atoms with Crippen LogP contribution in [0.25, 0.3) is 0 Å². The van der Waals surface area contributed by atoms with Gasteiger partial charge in [-0.2, -0.15) is 0 Å². The lowest BCUT2D eigenvalue weighted by Gasteiger charge is -2.40. The SMILES string of the molecule is CCC1COC(C)CN1C(=O)C1CC2CCC1N2. The van der Waals surface area contributed by atoms with Gasteiger partial charge in [-0.25, -0.2) is 0 Å². The second-order valence-corrected chi connectivity index (χ2v) is 6.09. The van der Waals surface area contributed by atoms with Crippen LogP contribution >= 0.6 is 0 Å².